The Morgan fingerprint density at radius 1 is 1.32 bits per heavy atom. The van der Waals surface area contributed by atoms with Crippen molar-refractivity contribution in [3.63, 3.8) is 0 Å². The molecule has 1 fully saturated rings. The third-order valence-electron chi connectivity index (χ3n) is 2.99. The summed E-state index contributed by atoms with van der Waals surface area (Å²) in [5.41, 5.74) is -0.318. The Hall–Kier alpha value is -1.36. The SMILES string of the molecule is CC(C)(C)OC=O.CN1CCC(n2cccn2)CC1. The van der Waals surface area contributed by atoms with E-state index in [-0.39, 0.29) is 5.60 Å². The van der Waals surface area contributed by atoms with Crippen molar-refractivity contribution < 1.29 is 9.53 Å². The van der Waals surface area contributed by atoms with Crippen LogP contribution in [0.25, 0.3) is 0 Å². The van der Waals surface area contributed by atoms with Crippen LogP contribution in [0.15, 0.2) is 18.5 Å². The lowest BCUT2D eigenvalue weighted by Gasteiger charge is -2.28. The molecule has 0 amide bonds. The van der Waals surface area contributed by atoms with Crippen molar-refractivity contribution in [1.29, 1.82) is 0 Å². The van der Waals surface area contributed by atoms with E-state index in [0.717, 1.165) is 0 Å². The molecule has 0 spiro atoms. The molecule has 0 unspecified atom stereocenters. The first kappa shape index (κ1) is 15.7. The predicted molar refractivity (Wildman–Crippen MR) is 74.9 cm³/mol. The average molecular weight is 267 g/mol. The summed E-state index contributed by atoms with van der Waals surface area (Å²) in [6.07, 6.45) is 6.39. The van der Waals surface area contributed by atoms with Crippen molar-refractivity contribution in [1.82, 2.24) is 14.7 Å². The number of carbonyl (C=O) groups excluding carboxylic acids is 1. The molecule has 1 aliphatic rings. The standard InChI is InChI=1S/C9H15N3.C5H10O2/c1-11-7-3-9(4-8-11)12-6-2-5-10-12;1-5(2,3)7-4-6/h2,5-6,9H,3-4,7-8H2,1H3;4H,1-3H3. The maximum Gasteiger partial charge on any atom is 0.293 e. The zero-order valence-electron chi connectivity index (χ0n) is 12.4. The molecule has 0 aromatic carbocycles. The molecule has 2 rings (SSSR count). The number of piperidine rings is 1. The van der Waals surface area contributed by atoms with Crippen LogP contribution in [-0.2, 0) is 9.53 Å². The fourth-order valence-corrected chi connectivity index (χ4v) is 1.90. The molecule has 108 valence electrons. The molecular weight excluding hydrogens is 242 g/mol. The van der Waals surface area contributed by atoms with E-state index in [1.807, 2.05) is 33.0 Å². The van der Waals surface area contributed by atoms with Crippen molar-refractivity contribution in [2.24, 2.45) is 0 Å². The smallest absolute Gasteiger partial charge is 0.293 e. The molecule has 2 heterocycles. The van der Waals surface area contributed by atoms with Gasteiger partial charge in [0, 0.05) is 12.4 Å². The molecule has 1 aromatic heterocycles. The molecule has 5 heteroatoms. The number of likely N-dealkylation sites (tertiary alicyclic amines) is 1. The van der Waals surface area contributed by atoms with Crippen molar-refractivity contribution >= 4 is 6.47 Å². The molecule has 1 aliphatic heterocycles. The van der Waals surface area contributed by atoms with Gasteiger partial charge in [-0.05, 0) is 59.8 Å². The van der Waals surface area contributed by atoms with E-state index in [1.54, 1.807) is 0 Å². The number of aromatic nitrogens is 2. The Balaban J connectivity index is 0.000000224. The molecular formula is C14H25N3O2. The van der Waals surface area contributed by atoms with Crippen molar-refractivity contribution in [2.45, 2.75) is 45.3 Å². The van der Waals surface area contributed by atoms with Crippen LogP contribution in [0.4, 0.5) is 0 Å². The van der Waals surface area contributed by atoms with Gasteiger partial charge in [0.25, 0.3) is 6.47 Å². The van der Waals surface area contributed by atoms with E-state index < -0.39 is 0 Å². The highest BCUT2D eigenvalue weighted by Crippen LogP contribution is 2.19. The largest absolute Gasteiger partial charge is 0.462 e. The molecule has 0 atom stereocenters. The molecule has 0 bridgehead atoms. The third kappa shape index (κ3) is 6.38. The molecule has 19 heavy (non-hydrogen) atoms. The monoisotopic (exact) mass is 267 g/mol. The van der Waals surface area contributed by atoms with Crippen LogP contribution in [0.3, 0.4) is 0 Å². The summed E-state index contributed by atoms with van der Waals surface area (Å²) in [7, 11) is 2.18. The highest BCUT2D eigenvalue weighted by molar-refractivity contribution is 5.37. The lowest BCUT2D eigenvalue weighted by Crippen LogP contribution is -2.31. The van der Waals surface area contributed by atoms with Gasteiger partial charge in [0.1, 0.15) is 5.60 Å². The summed E-state index contributed by atoms with van der Waals surface area (Å²) in [6.45, 7) is 8.32. The molecule has 0 saturated carbocycles. The molecule has 0 radical (unpaired) electrons. The predicted octanol–water partition coefficient (Wildman–Crippen LogP) is 2.11. The Morgan fingerprint density at radius 3 is 2.32 bits per heavy atom. The van der Waals surface area contributed by atoms with Gasteiger partial charge in [0.2, 0.25) is 0 Å². The highest BCUT2D eigenvalue weighted by Gasteiger charge is 2.17. The maximum atomic E-state index is 9.60. The van der Waals surface area contributed by atoms with Gasteiger partial charge in [-0.1, -0.05) is 0 Å². The number of hydrogen-bond acceptors (Lipinski definition) is 4. The summed E-state index contributed by atoms with van der Waals surface area (Å²) in [5, 5.41) is 4.26. The Labute approximate surface area is 115 Å². The number of ether oxygens (including phenoxy) is 1. The maximum absolute atomic E-state index is 9.60. The van der Waals surface area contributed by atoms with Crippen molar-refractivity contribution in [2.75, 3.05) is 20.1 Å². The number of carbonyl (C=O) groups is 1. The van der Waals surface area contributed by atoms with E-state index in [4.69, 9.17) is 0 Å². The fourth-order valence-electron chi connectivity index (χ4n) is 1.90. The van der Waals surface area contributed by atoms with Crippen LogP contribution in [0, 0.1) is 0 Å². The summed E-state index contributed by atoms with van der Waals surface area (Å²) < 4.78 is 6.64. The number of nitrogens with zero attached hydrogens (tertiary/aromatic N) is 3. The Morgan fingerprint density at radius 2 is 1.95 bits per heavy atom. The Bertz CT molecular complexity index is 349. The minimum absolute atomic E-state index is 0.318. The van der Waals surface area contributed by atoms with E-state index >= 15 is 0 Å². The second kappa shape index (κ2) is 7.28. The van der Waals surface area contributed by atoms with Gasteiger partial charge in [-0.25, -0.2) is 0 Å². The number of hydrogen-bond donors (Lipinski definition) is 0. The second-order valence-corrected chi connectivity index (χ2v) is 5.85. The molecule has 5 nitrogen and oxygen atoms in total. The van der Waals surface area contributed by atoms with Crippen molar-refractivity contribution in [3.8, 4) is 0 Å². The molecule has 0 aliphatic carbocycles. The molecule has 1 aromatic rings. The number of rotatable bonds is 2. The molecule has 0 N–H and O–H groups in total. The highest BCUT2D eigenvalue weighted by atomic mass is 16.5. The van der Waals surface area contributed by atoms with E-state index in [9.17, 15) is 4.79 Å². The average Bonchev–Trinajstić information content (AvgIpc) is 2.83. The summed E-state index contributed by atoms with van der Waals surface area (Å²) in [4.78, 5) is 12.0. The van der Waals surface area contributed by atoms with Gasteiger partial charge in [-0.15, -0.1) is 0 Å². The lowest BCUT2D eigenvalue weighted by atomic mass is 10.1. The summed E-state index contributed by atoms with van der Waals surface area (Å²) >= 11 is 0. The molecule has 1 saturated heterocycles. The Kier molecular flexibility index (Phi) is 6.02. The van der Waals surface area contributed by atoms with Gasteiger partial charge in [-0.2, -0.15) is 5.10 Å². The third-order valence-corrected chi connectivity index (χ3v) is 2.99. The van der Waals surface area contributed by atoms with Gasteiger partial charge in [0.15, 0.2) is 0 Å². The zero-order valence-corrected chi connectivity index (χ0v) is 12.4. The van der Waals surface area contributed by atoms with Crippen LogP contribution in [0.5, 0.6) is 0 Å². The van der Waals surface area contributed by atoms with Crippen LogP contribution in [0.1, 0.15) is 39.7 Å². The fraction of sp³-hybridized carbons (Fsp3) is 0.714. The van der Waals surface area contributed by atoms with Crippen LogP contribution in [0.2, 0.25) is 0 Å². The quantitative estimate of drug-likeness (QED) is 0.770. The van der Waals surface area contributed by atoms with Gasteiger partial charge >= 0.3 is 0 Å². The van der Waals surface area contributed by atoms with E-state index in [1.165, 1.54) is 25.9 Å². The lowest BCUT2D eigenvalue weighted by molar-refractivity contribution is -0.138. The van der Waals surface area contributed by atoms with Gasteiger partial charge in [0.05, 0.1) is 6.04 Å². The zero-order chi connectivity index (χ0) is 14.3. The van der Waals surface area contributed by atoms with Crippen LogP contribution in [-0.4, -0.2) is 46.9 Å². The normalized spacial score (nSPS) is 17.5. The van der Waals surface area contributed by atoms with E-state index in [0.29, 0.717) is 12.5 Å². The first-order valence-electron chi connectivity index (χ1n) is 6.71. The van der Waals surface area contributed by atoms with E-state index in [2.05, 4.69) is 32.7 Å². The van der Waals surface area contributed by atoms with Crippen molar-refractivity contribution in [3.05, 3.63) is 18.5 Å². The minimum atomic E-state index is -0.318. The van der Waals surface area contributed by atoms with Gasteiger partial charge < -0.3 is 9.64 Å². The first-order valence-corrected chi connectivity index (χ1v) is 6.71. The van der Waals surface area contributed by atoms with Gasteiger partial charge in [-0.3, -0.25) is 9.48 Å². The second-order valence-electron chi connectivity index (χ2n) is 5.85. The van der Waals surface area contributed by atoms with Crippen LogP contribution >= 0.6 is 0 Å². The first-order chi connectivity index (χ1) is 8.92. The minimum Gasteiger partial charge on any atom is -0.462 e. The summed E-state index contributed by atoms with van der Waals surface area (Å²) in [5.74, 6) is 0. The van der Waals surface area contributed by atoms with Crippen LogP contribution < -0.4 is 0 Å². The summed E-state index contributed by atoms with van der Waals surface area (Å²) in [6, 6.07) is 2.63. The topological polar surface area (TPSA) is 47.4 Å².